The van der Waals surface area contributed by atoms with E-state index >= 15 is 0 Å². The fourth-order valence-electron chi connectivity index (χ4n) is 3.99. The number of carbonyl (C=O) groups excluding carboxylic acids is 1. The average Bonchev–Trinajstić information content (AvgIpc) is 3.22. The van der Waals surface area contributed by atoms with Crippen molar-refractivity contribution < 1.29 is 4.79 Å². The summed E-state index contributed by atoms with van der Waals surface area (Å²) in [7, 11) is 1.90. The highest BCUT2D eigenvalue weighted by molar-refractivity contribution is 5.93. The maximum Gasteiger partial charge on any atom is 0.229 e. The molecule has 0 spiro atoms. The lowest BCUT2D eigenvalue weighted by Crippen LogP contribution is -2.27. The Morgan fingerprint density at radius 1 is 1.45 bits per heavy atom. The molecule has 6 heteroatoms. The van der Waals surface area contributed by atoms with Crippen molar-refractivity contribution in [2.75, 3.05) is 18.9 Å². The van der Waals surface area contributed by atoms with E-state index in [0.717, 1.165) is 37.4 Å². The molecule has 0 aromatic carbocycles. The minimum atomic E-state index is 0.0389. The van der Waals surface area contributed by atoms with Crippen molar-refractivity contribution in [1.82, 2.24) is 15.5 Å². The van der Waals surface area contributed by atoms with Gasteiger partial charge in [-0.25, -0.2) is 0 Å². The zero-order valence-electron chi connectivity index (χ0n) is 13.0. The van der Waals surface area contributed by atoms with Gasteiger partial charge in [0, 0.05) is 5.92 Å². The van der Waals surface area contributed by atoms with E-state index in [-0.39, 0.29) is 11.8 Å². The van der Waals surface area contributed by atoms with Crippen LogP contribution in [0.2, 0.25) is 0 Å². The predicted molar refractivity (Wildman–Crippen MR) is 83.1 cm³/mol. The van der Waals surface area contributed by atoms with Gasteiger partial charge in [0.1, 0.15) is 11.6 Å². The number of carbonyl (C=O) groups is 1. The summed E-state index contributed by atoms with van der Waals surface area (Å²) in [5.41, 5.74) is 1.29. The quantitative estimate of drug-likeness (QED) is 0.698. The van der Waals surface area contributed by atoms with Gasteiger partial charge >= 0.3 is 0 Å². The first-order valence-electron chi connectivity index (χ1n) is 8.15. The number of nitrogens with zero attached hydrogens (tertiary/aromatic N) is 2. The first-order chi connectivity index (χ1) is 10.7. The first-order valence-corrected chi connectivity index (χ1v) is 8.15. The van der Waals surface area contributed by atoms with Crippen LogP contribution in [0.1, 0.15) is 43.4 Å². The summed E-state index contributed by atoms with van der Waals surface area (Å²) in [5, 5.41) is 22.3. The van der Waals surface area contributed by atoms with Crippen molar-refractivity contribution in [2.24, 2.45) is 17.8 Å². The fraction of sp³-hybridized carbons (Fsp3) is 0.688. The van der Waals surface area contributed by atoms with E-state index < -0.39 is 0 Å². The number of H-pyrrole nitrogens is 1. The number of hydrogen-bond donors (Lipinski definition) is 3. The monoisotopic (exact) mass is 301 g/mol. The number of anilines is 1. The third-order valence-electron chi connectivity index (χ3n) is 5.12. The van der Waals surface area contributed by atoms with E-state index in [1.165, 1.54) is 19.3 Å². The second-order valence-electron chi connectivity index (χ2n) is 6.52. The molecule has 1 aromatic rings. The third-order valence-corrected chi connectivity index (χ3v) is 5.12. The Kier molecular flexibility index (Phi) is 4.44. The second kappa shape index (κ2) is 6.49. The number of nitriles is 1. The van der Waals surface area contributed by atoms with E-state index in [0.29, 0.717) is 17.3 Å². The van der Waals surface area contributed by atoms with Crippen LogP contribution < -0.4 is 10.6 Å². The molecule has 3 rings (SSSR count). The van der Waals surface area contributed by atoms with Crippen LogP contribution >= 0.6 is 0 Å². The molecular formula is C16H23N5O. The van der Waals surface area contributed by atoms with Crippen LogP contribution in [0.3, 0.4) is 0 Å². The summed E-state index contributed by atoms with van der Waals surface area (Å²) >= 11 is 0. The van der Waals surface area contributed by atoms with Crippen molar-refractivity contribution in [1.29, 1.82) is 5.26 Å². The van der Waals surface area contributed by atoms with Gasteiger partial charge in [0.05, 0.1) is 5.69 Å². The molecule has 2 saturated carbocycles. The Morgan fingerprint density at radius 3 is 2.95 bits per heavy atom. The molecule has 3 N–H and O–H groups in total. The van der Waals surface area contributed by atoms with E-state index in [1.807, 2.05) is 7.05 Å². The molecule has 2 aliphatic carbocycles. The minimum absolute atomic E-state index is 0.0389. The van der Waals surface area contributed by atoms with Crippen molar-refractivity contribution in [3.05, 3.63) is 11.3 Å². The summed E-state index contributed by atoms with van der Waals surface area (Å²) in [6, 6.07) is 2.17. The number of fused-ring (bicyclic) bond motifs is 2. The molecule has 1 heterocycles. The zero-order valence-corrected chi connectivity index (χ0v) is 13.0. The van der Waals surface area contributed by atoms with Crippen LogP contribution in [-0.4, -0.2) is 29.7 Å². The highest BCUT2D eigenvalue weighted by atomic mass is 16.2. The van der Waals surface area contributed by atoms with Crippen LogP contribution in [0, 0.1) is 29.1 Å². The lowest BCUT2D eigenvalue weighted by atomic mass is 9.88. The van der Waals surface area contributed by atoms with Gasteiger partial charge < -0.3 is 10.6 Å². The Hall–Kier alpha value is -1.87. The second-order valence-corrected chi connectivity index (χ2v) is 6.52. The number of aromatic nitrogens is 2. The molecule has 118 valence electrons. The van der Waals surface area contributed by atoms with Crippen LogP contribution in [0.4, 0.5) is 5.82 Å². The third kappa shape index (κ3) is 2.86. The normalized spacial score (nSPS) is 26.1. The molecule has 3 atom stereocenters. The van der Waals surface area contributed by atoms with Crippen LogP contribution in [0.5, 0.6) is 0 Å². The molecular weight excluding hydrogens is 278 g/mol. The Morgan fingerprint density at radius 2 is 2.32 bits per heavy atom. The Balaban J connectivity index is 1.65. The van der Waals surface area contributed by atoms with E-state index in [9.17, 15) is 10.1 Å². The van der Waals surface area contributed by atoms with Gasteiger partial charge in [-0.2, -0.15) is 10.4 Å². The molecule has 0 saturated heterocycles. The largest absolute Gasteiger partial charge is 0.320 e. The molecule has 2 fully saturated rings. The highest BCUT2D eigenvalue weighted by Gasteiger charge is 2.43. The van der Waals surface area contributed by atoms with Crippen molar-refractivity contribution in [2.45, 2.75) is 38.5 Å². The van der Waals surface area contributed by atoms with Gasteiger partial charge in [-0.15, -0.1) is 0 Å². The van der Waals surface area contributed by atoms with Crippen LogP contribution in [0.25, 0.3) is 0 Å². The number of rotatable bonds is 6. The van der Waals surface area contributed by atoms with Crippen LogP contribution in [0.15, 0.2) is 0 Å². The molecule has 2 bridgehead atoms. The maximum absolute atomic E-state index is 12.5. The lowest BCUT2D eigenvalue weighted by molar-refractivity contribution is -0.121. The zero-order chi connectivity index (χ0) is 15.5. The van der Waals surface area contributed by atoms with E-state index in [1.54, 1.807) is 0 Å². The first kappa shape index (κ1) is 15.0. The van der Waals surface area contributed by atoms with E-state index in [2.05, 4.69) is 26.9 Å². The standard InChI is InChI=1S/C16H23N5O/c1-18-6-2-3-14-13(9-17)15(21-20-14)19-16(22)12-8-10-4-5-11(12)7-10/h10-12,18H,2-8H2,1H3,(H2,19,20,21,22)/t10-,11-,12+/m0/s1. The lowest BCUT2D eigenvalue weighted by Gasteiger charge is -2.20. The Labute approximate surface area is 130 Å². The topological polar surface area (TPSA) is 93.6 Å². The number of amides is 1. The average molecular weight is 301 g/mol. The van der Waals surface area contributed by atoms with Crippen molar-refractivity contribution in [3.63, 3.8) is 0 Å². The molecule has 22 heavy (non-hydrogen) atoms. The SMILES string of the molecule is CNCCCc1[nH]nc(NC(=O)[C@@H]2C[C@H]3CC[C@H]2C3)c1C#N. The van der Waals surface area contributed by atoms with Gasteiger partial charge in [0.25, 0.3) is 0 Å². The van der Waals surface area contributed by atoms with Gasteiger partial charge in [-0.1, -0.05) is 6.42 Å². The van der Waals surface area contributed by atoms with Crippen molar-refractivity contribution in [3.8, 4) is 6.07 Å². The summed E-state index contributed by atoms with van der Waals surface area (Å²) in [5.74, 6) is 1.80. The number of hydrogen-bond acceptors (Lipinski definition) is 4. The molecule has 6 nitrogen and oxygen atoms in total. The van der Waals surface area contributed by atoms with Gasteiger partial charge in [0.2, 0.25) is 5.91 Å². The predicted octanol–water partition coefficient (Wildman–Crippen LogP) is 1.81. The minimum Gasteiger partial charge on any atom is -0.320 e. The molecule has 1 amide bonds. The molecule has 0 unspecified atom stereocenters. The summed E-state index contributed by atoms with van der Waals surface area (Å²) in [4.78, 5) is 12.5. The fourth-order valence-corrected chi connectivity index (χ4v) is 3.99. The molecule has 2 aliphatic rings. The van der Waals surface area contributed by atoms with Gasteiger partial charge in [0.15, 0.2) is 5.82 Å². The highest BCUT2D eigenvalue weighted by Crippen LogP contribution is 2.48. The molecule has 1 aromatic heterocycles. The summed E-state index contributed by atoms with van der Waals surface area (Å²) in [6.45, 7) is 0.886. The Bertz CT molecular complexity index is 588. The number of aromatic amines is 1. The number of aryl methyl sites for hydroxylation is 1. The van der Waals surface area contributed by atoms with Gasteiger partial charge in [-0.3, -0.25) is 9.89 Å². The van der Waals surface area contributed by atoms with Gasteiger partial charge in [-0.05, 0) is 57.5 Å². The van der Waals surface area contributed by atoms with Crippen molar-refractivity contribution >= 4 is 11.7 Å². The van der Waals surface area contributed by atoms with Crippen LogP contribution in [-0.2, 0) is 11.2 Å². The summed E-state index contributed by atoms with van der Waals surface area (Å²) in [6.07, 6.45) is 6.31. The molecule has 0 aliphatic heterocycles. The summed E-state index contributed by atoms with van der Waals surface area (Å²) < 4.78 is 0. The van der Waals surface area contributed by atoms with E-state index in [4.69, 9.17) is 0 Å². The molecule has 0 radical (unpaired) electrons. The smallest absolute Gasteiger partial charge is 0.229 e. The maximum atomic E-state index is 12.5. The number of nitrogens with one attached hydrogen (secondary N) is 3.